The third-order valence-electron chi connectivity index (χ3n) is 3.53. The number of rotatable bonds is 2. The fourth-order valence-electron chi connectivity index (χ4n) is 2.31. The third kappa shape index (κ3) is 2.45. The van der Waals surface area contributed by atoms with Crippen LogP contribution in [0.5, 0.6) is 0 Å². The fourth-order valence-corrected chi connectivity index (χ4v) is 2.88. The maximum atomic E-state index is 13.6. The number of alkyl halides is 1. The molecule has 0 aromatic heterocycles. The van der Waals surface area contributed by atoms with Crippen LogP contribution in [0, 0.1) is 12.7 Å². The molecular weight excluding hydrogens is 307 g/mol. The van der Waals surface area contributed by atoms with Crippen LogP contribution in [0.25, 0.3) is 0 Å². The van der Waals surface area contributed by atoms with Crippen molar-refractivity contribution < 1.29 is 9.13 Å². The molecular formula is C16H14BrFO. The van der Waals surface area contributed by atoms with Crippen LogP contribution in [0.4, 0.5) is 4.39 Å². The van der Waals surface area contributed by atoms with Gasteiger partial charge in [0.15, 0.2) is 0 Å². The lowest BCUT2D eigenvalue weighted by Crippen LogP contribution is -1.96. The third-order valence-corrected chi connectivity index (χ3v) is 4.58. The maximum absolute atomic E-state index is 13.6. The van der Waals surface area contributed by atoms with Gasteiger partial charge < -0.3 is 4.74 Å². The Balaban J connectivity index is 1.94. The summed E-state index contributed by atoms with van der Waals surface area (Å²) < 4.78 is 19.0. The number of aryl methyl sites for hydroxylation is 1. The van der Waals surface area contributed by atoms with E-state index in [1.807, 2.05) is 12.1 Å². The molecule has 2 aromatic carbocycles. The molecule has 1 atom stereocenters. The molecule has 1 aliphatic heterocycles. The first-order valence-corrected chi connectivity index (χ1v) is 7.16. The molecule has 3 rings (SSSR count). The molecule has 98 valence electrons. The van der Waals surface area contributed by atoms with Crippen LogP contribution in [0.3, 0.4) is 0 Å². The van der Waals surface area contributed by atoms with Crippen LogP contribution in [0.2, 0.25) is 0 Å². The van der Waals surface area contributed by atoms with Gasteiger partial charge in [-0.3, -0.25) is 0 Å². The van der Waals surface area contributed by atoms with Crippen molar-refractivity contribution in [1.29, 1.82) is 0 Å². The van der Waals surface area contributed by atoms with Gasteiger partial charge in [-0.2, -0.15) is 0 Å². The van der Waals surface area contributed by atoms with Crippen LogP contribution in [-0.4, -0.2) is 0 Å². The summed E-state index contributed by atoms with van der Waals surface area (Å²) in [6.45, 7) is 3.14. The van der Waals surface area contributed by atoms with Crippen LogP contribution in [0.15, 0.2) is 36.4 Å². The summed E-state index contributed by atoms with van der Waals surface area (Å²) in [5, 5.41) is 0. The Labute approximate surface area is 120 Å². The van der Waals surface area contributed by atoms with Crippen LogP contribution < -0.4 is 0 Å². The maximum Gasteiger partial charge on any atom is 0.126 e. The van der Waals surface area contributed by atoms with Gasteiger partial charge in [0.25, 0.3) is 0 Å². The van der Waals surface area contributed by atoms with E-state index < -0.39 is 0 Å². The van der Waals surface area contributed by atoms with Crippen LogP contribution in [0.1, 0.15) is 32.6 Å². The largest absolute Gasteiger partial charge is 0.372 e. The van der Waals surface area contributed by atoms with E-state index in [9.17, 15) is 4.39 Å². The monoisotopic (exact) mass is 320 g/mol. The van der Waals surface area contributed by atoms with E-state index in [2.05, 4.69) is 34.1 Å². The van der Waals surface area contributed by atoms with Gasteiger partial charge in [0.2, 0.25) is 0 Å². The molecule has 0 amide bonds. The standard InChI is InChI=1S/C16H14BrFO/c1-10-2-3-12(7-15(10)18)16(17)11-4-5-13-8-19-9-14(13)6-11/h2-7,16H,8-9H2,1H3. The minimum atomic E-state index is -0.161. The van der Waals surface area contributed by atoms with E-state index in [-0.39, 0.29) is 10.6 Å². The summed E-state index contributed by atoms with van der Waals surface area (Å²) in [6, 6.07) is 11.7. The zero-order valence-electron chi connectivity index (χ0n) is 10.6. The first-order chi connectivity index (χ1) is 9.15. The molecule has 0 fully saturated rings. The van der Waals surface area contributed by atoms with Crippen molar-refractivity contribution in [3.05, 3.63) is 70.0 Å². The predicted octanol–water partition coefficient (Wildman–Crippen LogP) is 4.65. The smallest absolute Gasteiger partial charge is 0.126 e. The quantitative estimate of drug-likeness (QED) is 0.732. The van der Waals surface area contributed by atoms with Gasteiger partial charge in [0.05, 0.1) is 18.0 Å². The Hall–Kier alpha value is -1.19. The molecule has 0 radical (unpaired) electrons. The summed E-state index contributed by atoms with van der Waals surface area (Å²) in [5.74, 6) is -0.161. The van der Waals surface area contributed by atoms with E-state index >= 15 is 0 Å². The molecule has 0 saturated carbocycles. The number of halogens is 2. The summed E-state index contributed by atoms with van der Waals surface area (Å²) in [5.41, 5.74) is 5.22. The summed E-state index contributed by atoms with van der Waals surface area (Å²) in [7, 11) is 0. The Morgan fingerprint density at radius 1 is 1.05 bits per heavy atom. The van der Waals surface area contributed by atoms with Gasteiger partial charge in [0.1, 0.15) is 5.82 Å². The van der Waals surface area contributed by atoms with Crippen LogP contribution in [-0.2, 0) is 18.0 Å². The Morgan fingerprint density at radius 2 is 1.74 bits per heavy atom. The summed E-state index contributed by atoms with van der Waals surface area (Å²) in [4.78, 5) is 0.00787. The van der Waals surface area contributed by atoms with Crippen molar-refractivity contribution >= 4 is 15.9 Å². The highest BCUT2D eigenvalue weighted by molar-refractivity contribution is 9.09. The molecule has 1 nitrogen and oxygen atoms in total. The molecule has 3 heteroatoms. The van der Waals surface area contributed by atoms with Crippen molar-refractivity contribution in [3.8, 4) is 0 Å². The van der Waals surface area contributed by atoms with Gasteiger partial charge in [-0.15, -0.1) is 0 Å². The van der Waals surface area contributed by atoms with Crippen LogP contribution >= 0.6 is 15.9 Å². The van der Waals surface area contributed by atoms with Crippen molar-refractivity contribution in [1.82, 2.24) is 0 Å². The van der Waals surface area contributed by atoms with Gasteiger partial charge in [-0.25, -0.2) is 4.39 Å². The fraction of sp³-hybridized carbons (Fsp3) is 0.250. The number of ether oxygens (including phenoxy) is 1. The highest BCUT2D eigenvalue weighted by Crippen LogP contribution is 2.34. The zero-order valence-corrected chi connectivity index (χ0v) is 12.2. The zero-order chi connectivity index (χ0) is 13.4. The topological polar surface area (TPSA) is 9.23 Å². The van der Waals surface area contributed by atoms with Gasteiger partial charge in [0, 0.05) is 0 Å². The minimum absolute atomic E-state index is 0.00787. The normalized spacial score (nSPS) is 15.3. The molecule has 0 N–H and O–H groups in total. The molecule has 0 bridgehead atoms. The lowest BCUT2D eigenvalue weighted by Gasteiger charge is -2.13. The number of hydrogen-bond donors (Lipinski definition) is 0. The first-order valence-electron chi connectivity index (χ1n) is 6.25. The van der Waals surface area contributed by atoms with Crippen molar-refractivity contribution in [2.75, 3.05) is 0 Å². The number of hydrogen-bond acceptors (Lipinski definition) is 1. The van der Waals surface area contributed by atoms with Crippen molar-refractivity contribution in [2.45, 2.75) is 25.0 Å². The molecule has 1 unspecified atom stereocenters. The highest BCUT2D eigenvalue weighted by Gasteiger charge is 2.16. The Morgan fingerprint density at radius 3 is 2.53 bits per heavy atom. The number of benzene rings is 2. The van der Waals surface area contributed by atoms with E-state index in [4.69, 9.17) is 4.74 Å². The first kappa shape index (κ1) is 12.8. The molecule has 1 aliphatic rings. The lowest BCUT2D eigenvalue weighted by atomic mass is 9.99. The van der Waals surface area contributed by atoms with Gasteiger partial charge in [-0.05, 0) is 40.8 Å². The molecule has 19 heavy (non-hydrogen) atoms. The van der Waals surface area contributed by atoms with E-state index in [0.29, 0.717) is 18.8 Å². The second-order valence-electron chi connectivity index (χ2n) is 4.89. The molecule has 0 aliphatic carbocycles. The summed E-state index contributed by atoms with van der Waals surface area (Å²) >= 11 is 3.65. The SMILES string of the molecule is Cc1ccc(C(Br)c2ccc3c(c2)COC3)cc1F. The Bertz CT molecular complexity index is 624. The minimum Gasteiger partial charge on any atom is -0.372 e. The van der Waals surface area contributed by atoms with E-state index in [1.165, 1.54) is 11.1 Å². The second-order valence-corrected chi connectivity index (χ2v) is 5.81. The highest BCUT2D eigenvalue weighted by atomic mass is 79.9. The van der Waals surface area contributed by atoms with Crippen molar-refractivity contribution in [2.24, 2.45) is 0 Å². The average Bonchev–Trinajstić information content (AvgIpc) is 2.88. The number of fused-ring (bicyclic) bond motifs is 1. The molecule has 0 spiro atoms. The summed E-state index contributed by atoms with van der Waals surface area (Å²) in [6.07, 6.45) is 0. The molecule has 0 saturated heterocycles. The van der Waals surface area contributed by atoms with Crippen molar-refractivity contribution in [3.63, 3.8) is 0 Å². The second kappa shape index (κ2) is 5.06. The van der Waals surface area contributed by atoms with Gasteiger partial charge in [-0.1, -0.05) is 46.3 Å². The molecule has 2 aromatic rings. The lowest BCUT2D eigenvalue weighted by molar-refractivity contribution is 0.134. The predicted molar refractivity (Wildman–Crippen MR) is 76.8 cm³/mol. The van der Waals surface area contributed by atoms with Gasteiger partial charge >= 0.3 is 0 Å². The van der Waals surface area contributed by atoms with E-state index in [1.54, 1.807) is 13.0 Å². The molecule has 1 heterocycles. The van der Waals surface area contributed by atoms with E-state index in [0.717, 1.165) is 11.1 Å². The Kier molecular flexibility index (Phi) is 3.42. The average molecular weight is 321 g/mol.